The third kappa shape index (κ3) is 3.15. The number of benzene rings is 2. The molecule has 0 bridgehead atoms. The summed E-state index contributed by atoms with van der Waals surface area (Å²) in [7, 11) is 3.10. The summed E-state index contributed by atoms with van der Waals surface area (Å²) < 4.78 is 23.9. The smallest absolute Gasteiger partial charge is 0.142 e. The Morgan fingerprint density at radius 1 is 1.00 bits per heavy atom. The SMILES string of the molecule is COc1ccc(OC)c(-c2cc(-c3ccc(F)cc3)nc(N)c2C#N)c1. The van der Waals surface area contributed by atoms with Crippen molar-refractivity contribution in [1.29, 1.82) is 5.26 Å². The monoisotopic (exact) mass is 349 g/mol. The minimum atomic E-state index is -0.343. The van der Waals surface area contributed by atoms with Crippen LogP contribution in [0, 0.1) is 17.1 Å². The van der Waals surface area contributed by atoms with Crippen molar-refractivity contribution in [3.63, 3.8) is 0 Å². The van der Waals surface area contributed by atoms with E-state index in [1.165, 1.54) is 12.1 Å². The predicted molar refractivity (Wildman–Crippen MR) is 97.3 cm³/mol. The van der Waals surface area contributed by atoms with Gasteiger partial charge in [-0.05, 0) is 48.5 Å². The summed E-state index contributed by atoms with van der Waals surface area (Å²) >= 11 is 0. The zero-order chi connectivity index (χ0) is 18.7. The number of methoxy groups -OCH3 is 2. The number of nitrogens with two attached hydrogens (primary N) is 1. The van der Waals surface area contributed by atoms with Crippen molar-refractivity contribution in [2.45, 2.75) is 0 Å². The van der Waals surface area contributed by atoms with Crippen LogP contribution in [0.2, 0.25) is 0 Å². The fourth-order valence-corrected chi connectivity index (χ4v) is 2.69. The maximum atomic E-state index is 13.2. The Balaban J connectivity index is 2.27. The molecule has 0 aliphatic rings. The first-order valence-corrected chi connectivity index (χ1v) is 7.76. The van der Waals surface area contributed by atoms with Gasteiger partial charge in [0.25, 0.3) is 0 Å². The van der Waals surface area contributed by atoms with E-state index in [-0.39, 0.29) is 17.2 Å². The molecular formula is C20H16FN3O2. The molecule has 0 saturated heterocycles. The van der Waals surface area contributed by atoms with Crippen LogP contribution in [0.15, 0.2) is 48.5 Å². The van der Waals surface area contributed by atoms with Crippen molar-refractivity contribution in [3.8, 4) is 40.0 Å². The molecule has 3 rings (SSSR count). The average molecular weight is 349 g/mol. The Bertz CT molecular complexity index is 995. The van der Waals surface area contributed by atoms with Crippen molar-refractivity contribution in [1.82, 2.24) is 4.98 Å². The Kier molecular flexibility index (Phi) is 4.72. The molecule has 0 amide bonds. The molecular weight excluding hydrogens is 333 g/mol. The zero-order valence-corrected chi connectivity index (χ0v) is 14.3. The van der Waals surface area contributed by atoms with E-state index in [9.17, 15) is 9.65 Å². The molecule has 0 unspecified atom stereocenters. The van der Waals surface area contributed by atoms with Crippen LogP contribution in [0.5, 0.6) is 11.5 Å². The fraction of sp³-hybridized carbons (Fsp3) is 0.100. The van der Waals surface area contributed by atoms with Gasteiger partial charge in [0.05, 0.1) is 19.9 Å². The van der Waals surface area contributed by atoms with Crippen LogP contribution in [0.4, 0.5) is 10.2 Å². The van der Waals surface area contributed by atoms with E-state index in [2.05, 4.69) is 11.1 Å². The maximum absolute atomic E-state index is 13.2. The highest BCUT2D eigenvalue weighted by Crippen LogP contribution is 2.38. The summed E-state index contributed by atoms with van der Waals surface area (Å²) in [5, 5.41) is 9.56. The first kappa shape index (κ1) is 17.2. The second kappa shape index (κ2) is 7.11. The van der Waals surface area contributed by atoms with Crippen molar-refractivity contribution < 1.29 is 13.9 Å². The Morgan fingerprint density at radius 3 is 2.35 bits per heavy atom. The van der Waals surface area contributed by atoms with Gasteiger partial charge in [0.2, 0.25) is 0 Å². The van der Waals surface area contributed by atoms with Crippen LogP contribution in [0.3, 0.4) is 0 Å². The lowest BCUT2D eigenvalue weighted by molar-refractivity contribution is 0.404. The molecule has 6 heteroatoms. The summed E-state index contributed by atoms with van der Waals surface area (Å²) in [6, 6.07) is 15.0. The normalized spacial score (nSPS) is 10.2. The third-order valence-electron chi connectivity index (χ3n) is 4.00. The Hall–Kier alpha value is -3.59. The van der Waals surface area contributed by atoms with Gasteiger partial charge in [-0.1, -0.05) is 0 Å². The molecule has 26 heavy (non-hydrogen) atoms. The molecule has 2 aromatic carbocycles. The standard InChI is InChI=1S/C20H16FN3O2/c1-25-14-7-8-19(26-2)16(9-14)15-10-18(24-20(23)17(15)11-22)12-3-5-13(21)6-4-12/h3-10H,1-2H3,(H2,23,24). The van der Waals surface area contributed by atoms with E-state index in [0.29, 0.717) is 33.9 Å². The Morgan fingerprint density at radius 2 is 1.73 bits per heavy atom. The lowest BCUT2D eigenvalue weighted by Crippen LogP contribution is -2.01. The van der Waals surface area contributed by atoms with Crippen LogP contribution in [-0.2, 0) is 0 Å². The van der Waals surface area contributed by atoms with Gasteiger partial charge >= 0.3 is 0 Å². The first-order chi connectivity index (χ1) is 12.6. The molecule has 1 heterocycles. The van der Waals surface area contributed by atoms with Gasteiger partial charge in [0.1, 0.15) is 34.8 Å². The van der Waals surface area contributed by atoms with Crippen molar-refractivity contribution in [2.75, 3.05) is 20.0 Å². The van der Waals surface area contributed by atoms with E-state index in [1.807, 2.05) is 0 Å². The number of ether oxygens (including phenoxy) is 2. The van der Waals surface area contributed by atoms with Crippen LogP contribution in [0.25, 0.3) is 22.4 Å². The van der Waals surface area contributed by atoms with Gasteiger partial charge in [-0.3, -0.25) is 0 Å². The summed E-state index contributed by atoms with van der Waals surface area (Å²) in [5.74, 6) is 0.931. The summed E-state index contributed by atoms with van der Waals surface area (Å²) in [6.07, 6.45) is 0. The van der Waals surface area contributed by atoms with E-state index >= 15 is 0 Å². The molecule has 0 radical (unpaired) electrons. The summed E-state index contributed by atoms with van der Waals surface area (Å²) in [4.78, 5) is 4.29. The number of anilines is 1. The third-order valence-corrected chi connectivity index (χ3v) is 4.00. The lowest BCUT2D eigenvalue weighted by atomic mass is 9.97. The number of rotatable bonds is 4. The number of halogens is 1. The number of nitriles is 1. The largest absolute Gasteiger partial charge is 0.497 e. The quantitative estimate of drug-likeness (QED) is 0.769. The number of nitrogens with zero attached hydrogens (tertiary/aromatic N) is 2. The lowest BCUT2D eigenvalue weighted by Gasteiger charge is -2.14. The molecule has 0 aliphatic heterocycles. The molecule has 130 valence electrons. The highest BCUT2D eigenvalue weighted by Gasteiger charge is 2.17. The van der Waals surface area contributed by atoms with Crippen LogP contribution in [-0.4, -0.2) is 19.2 Å². The molecule has 0 saturated carbocycles. The van der Waals surface area contributed by atoms with Crippen molar-refractivity contribution in [3.05, 3.63) is 59.9 Å². The molecule has 1 aromatic heterocycles. The topological polar surface area (TPSA) is 81.2 Å². The van der Waals surface area contributed by atoms with Crippen LogP contribution in [0.1, 0.15) is 5.56 Å². The van der Waals surface area contributed by atoms with Crippen LogP contribution >= 0.6 is 0 Å². The molecule has 2 N–H and O–H groups in total. The predicted octanol–water partition coefficient (Wildman–Crippen LogP) is 4.03. The van der Waals surface area contributed by atoms with E-state index < -0.39 is 0 Å². The number of hydrogen-bond donors (Lipinski definition) is 1. The highest BCUT2D eigenvalue weighted by atomic mass is 19.1. The maximum Gasteiger partial charge on any atom is 0.142 e. The number of hydrogen-bond acceptors (Lipinski definition) is 5. The molecule has 3 aromatic rings. The van der Waals surface area contributed by atoms with Gasteiger partial charge in [-0.25, -0.2) is 9.37 Å². The minimum Gasteiger partial charge on any atom is -0.497 e. The van der Waals surface area contributed by atoms with Gasteiger partial charge in [-0.15, -0.1) is 0 Å². The van der Waals surface area contributed by atoms with E-state index in [1.54, 1.807) is 50.6 Å². The van der Waals surface area contributed by atoms with Crippen LogP contribution < -0.4 is 15.2 Å². The number of aromatic nitrogens is 1. The second-order valence-corrected chi connectivity index (χ2v) is 5.50. The molecule has 0 aliphatic carbocycles. The first-order valence-electron chi connectivity index (χ1n) is 7.76. The molecule has 5 nitrogen and oxygen atoms in total. The Labute approximate surface area is 150 Å². The summed E-state index contributed by atoms with van der Waals surface area (Å²) in [6.45, 7) is 0. The molecule has 0 atom stereocenters. The van der Waals surface area contributed by atoms with Gasteiger partial charge < -0.3 is 15.2 Å². The number of nitrogen functional groups attached to an aromatic ring is 1. The average Bonchev–Trinajstić information content (AvgIpc) is 2.67. The van der Waals surface area contributed by atoms with Gasteiger partial charge in [-0.2, -0.15) is 5.26 Å². The molecule has 0 fully saturated rings. The minimum absolute atomic E-state index is 0.0918. The van der Waals surface area contributed by atoms with E-state index in [0.717, 1.165) is 0 Å². The second-order valence-electron chi connectivity index (χ2n) is 5.50. The summed E-state index contributed by atoms with van der Waals surface area (Å²) in [5.41, 5.74) is 8.69. The number of pyridine rings is 1. The zero-order valence-electron chi connectivity index (χ0n) is 14.3. The highest BCUT2D eigenvalue weighted by molar-refractivity contribution is 5.83. The fourth-order valence-electron chi connectivity index (χ4n) is 2.69. The van der Waals surface area contributed by atoms with Gasteiger partial charge in [0, 0.05) is 16.7 Å². The van der Waals surface area contributed by atoms with Crippen molar-refractivity contribution in [2.24, 2.45) is 0 Å². The van der Waals surface area contributed by atoms with Gasteiger partial charge in [0.15, 0.2) is 0 Å². The molecule has 0 spiro atoms. The van der Waals surface area contributed by atoms with E-state index in [4.69, 9.17) is 15.2 Å². The van der Waals surface area contributed by atoms with Crippen molar-refractivity contribution >= 4 is 5.82 Å².